The van der Waals surface area contributed by atoms with Crippen molar-refractivity contribution in [3.05, 3.63) is 46.5 Å². The van der Waals surface area contributed by atoms with Crippen LogP contribution in [0, 0.1) is 19.3 Å². The smallest absolute Gasteiger partial charge is 0.318 e. The van der Waals surface area contributed by atoms with Gasteiger partial charge in [-0.3, -0.25) is 5.32 Å². The lowest BCUT2D eigenvalue weighted by Crippen LogP contribution is -2.23. The van der Waals surface area contributed by atoms with Crippen molar-refractivity contribution in [2.24, 2.45) is 5.73 Å². The number of carbonyl (C=O) groups is 1. The van der Waals surface area contributed by atoms with Gasteiger partial charge in [0.15, 0.2) is 5.13 Å². The number of thiazole rings is 1. The van der Waals surface area contributed by atoms with E-state index in [0.717, 1.165) is 11.3 Å². The summed E-state index contributed by atoms with van der Waals surface area (Å²) in [7, 11) is 0. The number of carbonyl (C=O) groups excluding carboxylic acids is 1. The maximum Gasteiger partial charge on any atom is 0.318 e. The standard InChI is InChI=1S/C15H15N3OS/c1-4-15(3,11-7-5-10(2)6-8-11)12-9-20-14(17-12)18-13(16)19/h1,5-9H,2-3H3,(H3,16,17,18,19)/t15-/m0/s1. The molecule has 1 aromatic heterocycles. The third kappa shape index (κ3) is 2.65. The minimum absolute atomic E-state index is 0.445. The van der Waals surface area contributed by atoms with E-state index >= 15 is 0 Å². The van der Waals surface area contributed by atoms with Crippen LogP contribution in [0.15, 0.2) is 29.6 Å². The predicted octanol–water partition coefficient (Wildman–Crippen LogP) is 2.88. The molecule has 3 N–H and O–H groups in total. The molecule has 0 bridgehead atoms. The molecule has 0 radical (unpaired) electrons. The van der Waals surface area contributed by atoms with Gasteiger partial charge in [-0.25, -0.2) is 9.78 Å². The molecular weight excluding hydrogens is 270 g/mol. The number of amides is 2. The molecule has 2 amide bonds. The molecule has 102 valence electrons. The van der Waals surface area contributed by atoms with Crippen molar-refractivity contribution >= 4 is 22.5 Å². The molecule has 1 atom stereocenters. The van der Waals surface area contributed by atoms with Gasteiger partial charge < -0.3 is 5.73 Å². The third-order valence-corrected chi connectivity index (χ3v) is 3.92. The Balaban J connectivity index is 2.40. The van der Waals surface area contributed by atoms with Gasteiger partial charge in [-0.05, 0) is 19.4 Å². The summed E-state index contributed by atoms with van der Waals surface area (Å²) in [6, 6.07) is 7.38. The molecule has 1 heterocycles. The number of aryl methyl sites for hydroxylation is 1. The maximum absolute atomic E-state index is 10.8. The molecule has 0 fully saturated rings. The Hall–Kier alpha value is -2.32. The second kappa shape index (κ2) is 5.35. The molecule has 0 unspecified atom stereocenters. The number of aromatic nitrogens is 1. The third-order valence-electron chi connectivity index (χ3n) is 3.16. The zero-order valence-corrected chi connectivity index (χ0v) is 12.1. The van der Waals surface area contributed by atoms with E-state index in [0.29, 0.717) is 5.13 Å². The van der Waals surface area contributed by atoms with Crippen molar-refractivity contribution in [2.45, 2.75) is 19.3 Å². The second-order valence-electron chi connectivity index (χ2n) is 4.66. The Labute approximate surface area is 122 Å². The Morgan fingerprint density at radius 2 is 2.10 bits per heavy atom. The molecule has 0 saturated carbocycles. The second-order valence-corrected chi connectivity index (χ2v) is 5.52. The van der Waals surface area contributed by atoms with Crippen LogP contribution < -0.4 is 11.1 Å². The van der Waals surface area contributed by atoms with Crippen molar-refractivity contribution in [1.82, 2.24) is 4.98 Å². The number of terminal acetylenes is 1. The van der Waals surface area contributed by atoms with Crippen LogP contribution in [0.4, 0.5) is 9.93 Å². The zero-order valence-electron chi connectivity index (χ0n) is 11.3. The van der Waals surface area contributed by atoms with Crippen molar-refractivity contribution in [2.75, 3.05) is 5.32 Å². The van der Waals surface area contributed by atoms with E-state index in [9.17, 15) is 4.79 Å². The predicted molar refractivity (Wildman–Crippen MR) is 81.8 cm³/mol. The number of benzene rings is 1. The number of nitrogens with zero attached hydrogens (tertiary/aromatic N) is 1. The average Bonchev–Trinajstić information content (AvgIpc) is 2.87. The van der Waals surface area contributed by atoms with Gasteiger partial charge in [0.05, 0.1) is 11.1 Å². The van der Waals surface area contributed by atoms with Gasteiger partial charge in [-0.15, -0.1) is 17.8 Å². The molecule has 2 rings (SSSR count). The molecule has 4 nitrogen and oxygen atoms in total. The van der Waals surface area contributed by atoms with E-state index in [-0.39, 0.29) is 0 Å². The Morgan fingerprint density at radius 3 is 2.65 bits per heavy atom. The summed E-state index contributed by atoms with van der Waals surface area (Å²) in [6.07, 6.45) is 5.72. The average molecular weight is 285 g/mol. The number of primary amides is 1. The quantitative estimate of drug-likeness (QED) is 0.851. The Kier molecular flexibility index (Phi) is 3.77. The molecule has 0 aliphatic heterocycles. The van der Waals surface area contributed by atoms with E-state index in [1.165, 1.54) is 16.9 Å². The topological polar surface area (TPSA) is 68.0 Å². The van der Waals surface area contributed by atoms with E-state index in [2.05, 4.69) is 16.2 Å². The van der Waals surface area contributed by atoms with Crippen molar-refractivity contribution in [3.63, 3.8) is 0 Å². The molecule has 1 aromatic carbocycles. The van der Waals surface area contributed by atoms with E-state index < -0.39 is 11.4 Å². The molecule has 0 spiro atoms. The van der Waals surface area contributed by atoms with Crippen LogP contribution >= 0.6 is 11.3 Å². The van der Waals surface area contributed by atoms with Crippen LogP contribution in [0.2, 0.25) is 0 Å². The first kappa shape index (κ1) is 14.1. The summed E-state index contributed by atoms with van der Waals surface area (Å²) in [5.74, 6) is 2.80. The molecular formula is C15H15N3OS. The molecule has 5 heteroatoms. The number of nitrogens with one attached hydrogen (secondary N) is 1. The highest BCUT2D eigenvalue weighted by molar-refractivity contribution is 7.13. The summed E-state index contributed by atoms with van der Waals surface area (Å²) < 4.78 is 0. The summed E-state index contributed by atoms with van der Waals surface area (Å²) in [5.41, 5.74) is 7.32. The van der Waals surface area contributed by atoms with Gasteiger partial charge in [0.25, 0.3) is 0 Å². The highest BCUT2D eigenvalue weighted by Gasteiger charge is 2.29. The summed E-state index contributed by atoms with van der Waals surface area (Å²) in [6.45, 7) is 3.95. The van der Waals surface area contributed by atoms with Crippen LogP contribution in [0.5, 0.6) is 0 Å². The fraction of sp³-hybridized carbons (Fsp3) is 0.200. The summed E-state index contributed by atoms with van der Waals surface area (Å²) >= 11 is 1.30. The lowest BCUT2D eigenvalue weighted by atomic mass is 9.80. The largest absolute Gasteiger partial charge is 0.351 e. The Morgan fingerprint density at radius 1 is 1.45 bits per heavy atom. The first-order valence-corrected chi connectivity index (χ1v) is 6.91. The fourth-order valence-electron chi connectivity index (χ4n) is 1.86. The zero-order chi connectivity index (χ0) is 14.8. The summed E-state index contributed by atoms with van der Waals surface area (Å²) in [4.78, 5) is 15.2. The van der Waals surface area contributed by atoms with Crippen LogP contribution in [0.25, 0.3) is 0 Å². The molecule has 0 aliphatic carbocycles. The lowest BCUT2D eigenvalue weighted by Gasteiger charge is -2.22. The van der Waals surface area contributed by atoms with Gasteiger partial charge in [-0.2, -0.15) is 0 Å². The minimum atomic E-state index is -0.637. The molecule has 0 saturated heterocycles. The number of hydrogen-bond acceptors (Lipinski definition) is 3. The van der Waals surface area contributed by atoms with E-state index in [1.54, 1.807) is 0 Å². The lowest BCUT2D eigenvalue weighted by molar-refractivity contribution is 0.259. The van der Waals surface area contributed by atoms with Crippen molar-refractivity contribution in [1.29, 1.82) is 0 Å². The number of rotatable bonds is 3. The van der Waals surface area contributed by atoms with Crippen molar-refractivity contribution in [3.8, 4) is 12.3 Å². The first-order chi connectivity index (χ1) is 9.45. The van der Waals surface area contributed by atoms with Crippen LogP contribution in [0.1, 0.15) is 23.7 Å². The number of anilines is 1. The first-order valence-electron chi connectivity index (χ1n) is 6.03. The van der Waals surface area contributed by atoms with Gasteiger partial charge in [0.1, 0.15) is 0 Å². The van der Waals surface area contributed by atoms with E-state index in [4.69, 9.17) is 12.2 Å². The van der Waals surface area contributed by atoms with Gasteiger partial charge in [0.2, 0.25) is 0 Å². The molecule has 0 aliphatic rings. The highest BCUT2D eigenvalue weighted by atomic mass is 32.1. The van der Waals surface area contributed by atoms with Crippen molar-refractivity contribution < 1.29 is 4.79 Å². The Bertz CT molecular complexity index is 669. The summed E-state index contributed by atoms with van der Waals surface area (Å²) in [5, 5.41) is 4.74. The van der Waals surface area contributed by atoms with Gasteiger partial charge in [-0.1, -0.05) is 35.7 Å². The SMILES string of the molecule is C#C[C@@](C)(c1ccc(C)cc1)c1csc(NC(N)=O)n1. The molecule has 20 heavy (non-hydrogen) atoms. The minimum Gasteiger partial charge on any atom is -0.351 e. The number of urea groups is 1. The van der Waals surface area contributed by atoms with Crippen LogP contribution in [0.3, 0.4) is 0 Å². The van der Waals surface area contributed by atoms with Crippen LogP contribution in [-0.2, 0) is 5.41 Å². The fourth-order valence-corrected chi connectivity index (χ4v) is 2.68. The molecule has 2 aromatic rings. The monoisotopic (exact) mass is 285 g/mol. The maximum atomic E-state index is 10.8. The van der Waals surface area contributed by atoms with Crippen LogP contribution in [-0.4, -0.2) is 11.0 Å². The van der Waals surface area contributed by atoms with Gasteiger partial charge >= 0.3 is 6.03 Å². The number of nitrogens with two attached hydrogens (primary N) is 1. The van der Waals surface area contributed by atoms with Gasteiger partial charge in [0, 0.05) is 5.38 Å². The van der Waals surface area contributed by atoms with E-state index in [1.807, 2.05) is 43.5 Å². The number of hydrogen-bond donors (Lipinski definition) is 2. The highest BCUT2D eigenvalue weighted by Crippen LogP contribution is 2.33. The normalized spacial score (nSPS) is 13.2.